The highest BCUT2D eigenvalue weighted by atomic mass is 16.5. The predicted octanol–water partition coefficient (Wildman–Crippen LogP) is 2.23. The smallest absolute Gasteiger partial charge is 0.0594 e. The molecule has 16 heavy (non-hydrogen) atoms. The summed E-state index contributed by atoms with van der Waals surface area (Å²) < 4.78 is 5.66. The van der Waals surface area contributed by atoms with Crippen molar-refractivity contribution in [1.29, 1.82) is 0 Å². The fourth-order valence-corrected chi connectivity index (χ4v) is 1.24. The van der Waals surface area contributed by atoms with Gasteiger partial charge in [0.1, 0.15) is 0 Å². The van der Waals surface area contributed by atoms with E-state index in [-0.39, 0.29) is 0 Å². The molecule has 1 atom stereocenters. The molecule has 1 aromatic rings. The summed E-state index contributed by atoms with van der Waals surface area (Å²) in [5.41, 5.74) is 1.21. The van der Waals surface area contributed by atoms with E-state index < -0.39 is 0 Å². The third kappa shape index (κ3) is 5.24. The van der Waals surface area contributed by atoms with Gasteiger partial charge in [0.25, 0.3) is 0 Å². The van der Waals surface area contributed by atoms with Crippen LogP contribution in [0.15, 0.2) is 24.5 Å². The molecule has 0 saturated carbocycles. The van der Waals surface area contributed by atoms with E-state index in [4.69, 9.17) is 4.74 Å². The SMILES string of the molecule is CC(C)C(C)OCCNCc1cccnc1. The van der Waals surface area contributed by atoms with Gasteiger partial charge in [-0.05, 0) is 24.5 Å². The third-order valence-electron chi connectivity index (χ3n) is 2.65. The molecule has 1 heterocycles. The first kappa shape index (κ1) is 13.1. The molecule has 1 N–H and O–H groups in total. The number of nitrogens with zero attached hydrogens (tertiary/aromatic N) is 1. The molecule has 3 nitrogen and oxygen atoms in total. The summed E-state index contributed by atoms with van der Waals surface area (Å²) in [5.74, 6) is 0.582. The fraction of sp³-hybridized carbons (Fsp3) is 0.615. The van der Waals surface area contributed by atoms with Crippen molar-refractivity contribution in [3.05, 3.63) is 30.1 Å². The minimum absolute atomic E-state index is 0.334. The largest absolute Gasteiger partial charge is 0.377 e. The highest BCUT2D eigenvalue weighted by Crippen LogP contribution is 2.04. The van der Waals surface area contributed by atoms with Crippen LogP contribution >= 0.6 is 0 Å². The molecule has 1 aromatic heterocycles. The van der Waals surface area contributed by atoms with Crippen LogP contribution in [0, 0.1) is 5.92 Å². The zero-order valence-corrected chi connectivity index (χ0v) is 10.4. The summed E-state index contributed by atoms with van der Waals surface area (Å²) in [6.07, 6.45) is 4.00. The lowest BCUT2D eigenvalue weighted by molar-refractivity contribution is 0.0373. The van der Waals surface area contributed by atoms with Gasteiger partial charge in [-0.15, -0.1) is 0 Å². The Morgan fingerprint density at radius 2 is 2.19 bits per heavy atom. The van der Waals surface area contributed by atoms with Crippen LogP contribution in [0.3, 0.4) is 0 Å². The second kappa shape index (κ2) is 7.36. The number of aromatic nitrogens is 1. The summed E-state index contributed by atoms with van der Waals surface area (Å²) in [6, 6.07) is 4.02. The lowest BCUT2D eigenvalue weighted by Crippen LogP contribution is -2.24. The van der Waals surface area contributed by atoms with Gasteiger partial charge < -0.3 is 10.1 Å². The number of nitrogens with one attached hydrogen (secondary N) is 1. The quantitative estimate of drug-likeness (QED) is 0.718. The Hall–Kier alpha value is -0.930. The summed E-state index contributed by atoms with van der Waals surface area (Å²) in [7, 11) is 0. The fourth-order valence-electron chi connectivity index (χ4n) is 1.24. The van der Waals surface area contributed by atoms with Crippen molar-refractivity contribution in [2.45, 2.75) is 33.4 Å². The highest BCUT2D eigenvalue weighted by Gasteiger charge is 2.05. The number of hydrogen-bond acceptors (Lipinski definition) is 3. The maximum Gasteiger partial charge on any atom is 0.0594 e. The van der Waals surface area contributed by atoms with Gasteiger partial charge in [-0.3, -0.25) is 4.98 Å². The van der Waals surface area contributed by atoms with E-state index >= 15 is 0 Å². The maximum atomic E-state index is 5.66. The summed E-state index contributed by atoms with van der Waals surface area (Å²) in [5, 5.41) is 3.33. The van der Waals surface area contributed by atoms with Crippen LogP contribution in [0.5, 0.6) is 0 Å². The summed E-state index contributed by atoms with van der Waals surface area (Å²) >= 11 is 0. The van der Waals surface area contributed by atoms with E-state index in [0.717, 1.165) is 19.7 Å². The van der Waals surface area contributed by atoms with Gasteiger partial charge in [-0.2, -0.15) is 0 Å². The highest BCUT2D eigenvalue weighted by molar-refractivity contribution is 5.07. The maximum absolute atomic E-state index is 5.66. The molecule has 0 aliphatic rings. The van der Waals surface area contributed by atoms with Gasteiger partial charge in [-0.25, -0.2) is 0 Å². The number of ether oxygens (including phenoxy) is 1. The van der Waals surface area contributed by atoms with Crippen LogP contribution in [0.2, 0.25) is 0 Å². The van der Waals surface area contributed by atoms with Crippen LogP contribution in [0.25, 0.3) is 0 Å². The van der Waals surface area contributed by atoms with E-state index in [9.17, 15) is 0 Å². The molecule has 0 radical (unpaired) electrons. The molecular formula is C13H22N2O. The van der Waals surface area contributed by atoms with Gasteiger partial charge in [0.15, 0.2) is 0 Å². The molecule has 0 bridgehead atoms. The first-order valence-corrected chi connectivity index (χ1v) is 5.91. The minimum Gasteiger partial charge on any atom is -0.377 e. The molecule has 0 amide bonds. The van der Waals surface area contributed by atoms with Crippen molar-refractivity contribution >= 4 is 0 Å². The number of pyridine rings is 1. The zero-order chi connectivity index (χ0) is 11.8. The Balaban J connectivity index is 2.04. The average Bonchev–Trinajstić information content (AvgIpc) is 2.29. The van der Waals surface area contributed by atoms with Crippen molar-refractivity contribution in [2.75, 3.05) is 13.2 Å². The standard InChI is InChI=1S/C13H22N2O/c1-11(2)12(3)16-8-7-15-10-13-5-4-6-14-9-13/h4-6,9,11-12,15H,7-8,10H2,1-3H3. The molecule has 0 spiro atoms. The summed E-state index contributed by atoms with van der Waals surface area (Å²) in [4.78, 5) is 4.06. The van der Waals surface area contributed by atoms with Gasteiger partial charge in [0.05, 0.1) is 12.7 Å². The molecule has 1 unspecified atom stereocenters. The van der Waals surface area contributed by atoms with E-state index in [1.54, 1.807) is 6.20 Å². The predicted molar refractivity (Wildman–Crippen MR) is 66.2 cm³/mol. The van der Waals surface area contributed by atoms with E-state index in [0.29, 0.717) is 12.0 Å². The monoisotopic (exact) mass is 222 g/mol. The molecule has 90 valence electrons. The second-order valence-electron chi connectivity index (χ2n) is 4.36. The first-order valence-electron chi connectivity index (χ1n) is 5.91. The van der Waals surface area contributed by atoms with Gasteiger partial charge in [0.2, 0.25) is 0 Å². The van der Waals surface area contributed by atoms with Crippen LogP contribution in [-0.2, 0) is 11.3 Å². The van der Waals surface area contributed by atoms with Crippen LogP contribution in [0.4, 0.5) is 0 Å². The van der Waals surface area contributed by atoms with Gasteiger partial charge in [0, 0.05) is 25.5 Å². The molecule has 0 aliphatic carbocycles. The van der Waals surface area contributed by atoms with E-state index in [2.05, 4.69) is 37.1 Å². The third-order valence-corrected chi connectivity index (χ3v) is 2.65. The van der Waals surface area contributed by atoms with Crippen molar-refractivity contribution < 1.29 is 4.74 Å². The van der Waals surface area contributed by atoms with Crippen molar-refractivity contribution in [1.82, 2.24) is 10.3 Å². The number of rotatable bonds is 7. The van der Waals surface area contributed by atoms with Crippen LogP contribution < -0.4 is 5.32 Å². The Labute approximate surface area is 98.2 Å². The molecule has 0 aromatic carbocycles. The van der Waals surface area contributed by atoms with Crippen LogP contribution in [-0.4, -0.2) is 24.2 Å². The Kier molecular flexibility index (Phi) is 6.04. The van der Waals surface area contributed by atoms with Gasteiger partial charge in [-0.1, -0.05) is 19.9 Å². The van der Waals surface area contributed by atoms with E-state index in [1.807, 2.05) is 12.3 Å². The Morgan fingerprint density at radius 1 is 1.38 bits per heavy atom. The Bertz CT molecular complexity index is 275. The normalized spacial score (nSPS) is 13.0. The molecular weight excluding hydrogens is 200 g/mol. The van der Waals surface area contributed by atoms with E-state index in [1.165, 1.54) is 5.56 Å². The molecule has 0 saturated heterocycles. The zero-order valence-electron chi connectivity index (χ0n) is 10.4. The summed E-state index contributed by atoms with van der Waals surface area (Å²) in [6.45, 7) is 8.96. The van der Waals surface area contributed by atoms with Crippen molar-refractivity contribution in [3.8, 4) is 0 Å². The average molecular weight is 222 g/mol. The molecule has 3 heteroatoms. The topological polar surface area (TPSA) is 34.1 Å². The van der Waals surface area contributed by atoms with Crippen LogP contribution in [0.1, 0.15) is 26.3 Å². The molecule has 0 aliphatic heterocycles. The lowest BCUT2D eigenvalue weighted by atomic mass is 10.1. The van der Waals surface area contributed by atoms with Crippen molar-refractivity contribution in [3.63, 3.8) is 0 Å². The second-order valence-corrected chi connectivity index (χ2v) is 4.36. The van der Waals surface area contributed by atoms with Crippen molar-refractivity contribution in [2.24, 2.45) is 5.92 Å². The number of hydrogen-bond donors (Lipinski definition) is 1. The molecule has 1 rings (SSSR count). The lowest BCUT2D eigenvalue weighted by Gasteiger charge is -2.16. The Morgan fingerprint density at radius 3 is 2.81 bits per heavy atom. The molecule has 0 fully saturated rings. The minimum atomic E-state index is 0.334. The first-order chi connectivity index (χ1) is 7.70. The van der Waals surface area contributed by atoms with Gasteiger partial charge >= 0.3 is 0 Å².